The zero-order chi connectivity index (χ0) is 37.6. The first-order valence-electron chi connectivity index (χ1n) is 19.7. The predicted molar refractivity (Wildman–Crippen MR) is 237 cm³/mol. The van der Waals surface area contributed by atoms with Gasteiger partial charge in [0.15, 0.2) is 0 Å². The average Bonchev–Trinajstić information content (AvgIpc) is 3.50. The Labute approximate surface area is 325 Å². The highest BCUT2D eigenvalue weighted by molar-refractivity contribution is 7.00. The summed E-state index contributed by atoms with van der Waals surface area (Å²) in [6, 6.07) is 59.0. The minimum atomic E-state index is 0.0328. The SMILES string of the molecule is CC(C)(C)Cc1ccc2c(c1)c1cc(C(C)(C)C)ccc1n2-c1cccc2c1N(c1ccccc1)c1cccc3c1B2c1ccccc1N3c1ccccc1. The summed E-state index contributed by atoms with van der Waals surface area (Å²) in [7, 11) is 0. The van der Waals surface area contributed by atoms with Crippen LogP contribution < -0.4 is 26.2 Å². The van der Waals surface area contributed by atoms with Gasteiger partial charge in [0.25, 0.3) is 6.71 Å². The average molecular weight is 712 g/mol. The van der Waals surface area contributed by atoms with E-state index in [9.17, 15) is 0 Å². The van der Waals surface area contributed by atoms with Gasteiger partial charge in [0.2, 0.25) is 0 Å². The Balaban J connectivity index is 1.30. The Morgan fingerprint density at radius 3 is 1.71 bits per heavy atom. The van der Waals surface area contributed by atoms with Crippen molar-refractivity contribution in [3.63, 3.8) is 0 Å². The molecule has 4 heteroatoms. The van der Waals surface area contributed by atoms with E-state index in [-0.39, 0.29) is 17.5 Å². The molecule has 0 amide bonds. The molecule has 0 atom stereocenters. The number of hydrogen-bond donors (Lipinski definition) is 0. The minimum Gasteiger partial charge on any atom is -0.311 e. The van der Waals surface area contributed by atoms with Crippen LogP contribution in [-0.4, -0.2) is 11.3 Å². The predicted octanol–water partition coefficient (Wildman–Crippen LogP) is 11.8. The van der Waals surface area contributed by atoms with Crippen molar-refractivity contribution in [2.45, 2.75) is 53.4 Å². The van der Waals surface area contributed by atoms with Gasteiger partial charge in [-0.3, -0.25) is 0 Å². The third kappa shape index (κ3) is 5.33. The standard InChI is InChI=1S/C51H46BN3/c1-50(2,3)33-34-27-29-42-38(31-34)39-32-35(51(4,5)6)28-30-43(39)55(42)47-26-15-22-41-49(47)54(37-19-11-8-12-20-37)46-25-16-24-45-48(46)52(41)40-21-13-14-23-44(40)53(45)36-17-9-7-10-18-36/h7-32H,33H2,1-6H3. The molecule has 0 aliphatic carbocycles. The van der Waals surface area contributed by atoms with Crippen LogP contribution in [0.25, 0.3) is 27.5 Å². The highest BCUT2D eigenvalue weighted by atomic mass is 15.2. The fourth-order valence-corrected chi connectivity index (χ4v) is 9.32. The largest absolute Gasteiger partial charge is 0.311 e. The van der Waals surface area contributed by atoms with Gasteiger partial charge in [-0.05, 0) is 118 Å². The van der Waals surface area contributed by atoms with Crippen LogP contribution in [0.1, 0.15) is 52.7 Å². The van der Waals surface area contributed by atoms with E-state index in [4.69, 9.17) is 0 Å². The van der Waals surface area contributed by atoms with Crippen LogP contribution in [0.3, 0.4) is 0 Å². The van der Waals surface area contributed by atoms with E-state index in [1.807, 2.05) is 0 Å². The van der Waals surface area contributed by atoms with E-state index in [1.165, 1.54) is 83.4 Å². The second-order valence-corrected chi connectivity index (χ2v) is 17.7. The van der Waals surface area contributed by atoms with Crippen molar-refractivity contribution in [3.8, 4) is 5.69 Å². The van der Waals surface area contributed by atoms with Gasteiger partial charge >= 0.3 is 0 Å². The van der Waals surface area contributed by atoms with Crippen molar-refractivity contribution in [1.29, 1.82) is 0 Å². The van der Waals surface area contributed by atoms with E-state index in [0.717, 1.165) is 12.1 Å². The van der Waals surface area contributed by atoms with Crippen molar-refractivity contribution in [1.82, 2.24) is 4.57 Å². The van der Waals surface area contributed by atoms with E-state index in [0.29, 0.717) is 0 Å². The molecular weight excluding hydrogens is 665 g/mol. The lowest BCUT2D eigenvalue weighted by Crippen LogP contribution is -2.61. The summed E-state index contributed by atoms with van der Waals surface area (Å²) in [5.41, 5.74) is 17.8. The lowest BCUT2D eigenvalue weighted by Gasteiger charge is -2.44. The van der Waals surface area contributed by atoms with Crippen LogP contribution in [0.5, 0.6) is 0 Å². The van der Waals surface area contributed by atoms with E-state index in [1.54, 1.807) is 0 Å². The number of fused-ring (bicyclic) bond motifs is 7. The summed E-state index contributed by atoms with van der Waals surface area (Å²) in [5, 5.41) is 2.62. The maximum atomic E-state index is 2.55. The molecule has 55 heavy (non-hydrogen) atoms. The Hall–Kier alpha value is -6.00. The van der Waals surface area contributed by atoms with Crippen molar-refractivity contribution in [2.24, 2.45) is 5.41 Å². The number of aromatic nitrogens is 1. The number of rotatable bonds is 4. The van der Waals surface area contributed by atoms with Crippen LogP contribution in [0.2, 0.25) is 0 Å². The van der Waals surface area contributed by atoms with E-state index in [2.05, 4.69) is 214 Å². The molecule has 8 aromatic rings. The molecule has 3 nitrogen and oxygen atoms in total. The van der Waals surface area contributed by atoms with Crippen molar-refractivity contribution in [3.05, 3.63) is 169 Å². The van der Waals surface area contributed by atoms with Gasteiger partial charge in [0, 0.05) is 39.2 Å². The fraction of sp³-hybridized carbons (Fsp3) is 0.176. The Morgan fingerprint density at radius 2 is 1.02 bits per heavy atom. The molecule has 0 N–H and O–H groups in total. The zero-order valence-electron chi connectivity index (χ0n) is 32.6. The molecule has 0 saturated heterocycles. The van der Waals surface area contributed by atoms with Crippen LogP contribution in [0.4, 0.5) is 34.1 Å². The first kappa shape index (κ1) is 33.6. The molecule has 0 bridgehead atoms. The Kier molecular flexibility index (Phi) is 7.48. The van der Waals surface area contributed by atoms with Gasteiger partial charge in [0.1, 0.15) is 0 Å². The second-order valence-electron chi connectivity index (χ2n) is 17.7. The van der Waals surface area contributed by atoms with E-state index < -0.39 is 0 Å². The van der Waals surface area contributed by atoms with Crippen molar-refractivity contribution in [2.75, 3.05) is 9.80 Å². The first-order valence-corrected chi connectivity index (χ1v) is 19.7. The first-order chi connectivity index (χ1) is 26.6. The molecule has 7 aromatic carbocycles. The number of anilines is 6. The fourth-order valence-electron chi connectivity index (χ4n) is 9.32. The van der Waals surface area contributed by atoms with Crippen molar-refractivity contribution < 1.29 is 0 Å². The third-order valence-corrected chi connectivity index (χ3v) is 11.6. The van der Waals surface area contributed by atoms with Crippen LogP contribution in [0, 0.1) is 5.41 Å². The van der Waals surface area contributed by atoms with Crippen LogP contribution in [0.15, 0.2) is 158 Å². The maximum absolute atomic E-state index is 2.55. The molecule has 0 radical (unpaired) electrons. The highest BCUT2D eigenvalue weighted by Crippen LogP contribution is 2.47. The number of nitrogens with zero attached hydrogens (tertiary/aromatic N) is 3. The van der Waals surface area contributed by atoms with Crippen LogP contribution >= 0.6 is 0 Å². The molecule has 0 fully saturated rings. The van der Waals surface area contributed by atoms with Crippen molar-refractivity contribution >= 4 is 79.0 Å². The lowest BCUT2D eigenvalue weighted by molar-refractivity contribution is 0.411. The van der Waals surface area contributed by atoms with Gasteiger partial charge in [-0.1, -0.05) is 126 Å². The van der Waals surface area contributed by atoms with E-state index >= 15 is 0 Å². The van der Waals surface area contributed by atoms with Gasteiger partial charge in [0.05, 0.1) is 22.4 Å². The topological polar surface area (TPSA) is 11.4 Å². The Morgan fingerprint density at radius 1 is 0.473 bits per heavy atom. The summed E-state index contributed by atoms with van der Waals surface area (Å²) < 4.78 is 2.55. The zero-order valence-corrected chi connectivity index (χ0v) is 32.6. The van der Waals surface area contributed by atoms with Gasteiger partial charge in [-0.2, -0.15) is 0 Å². The summed E-state index contributed by atoms with van der Waals surface area (Å²) in [6.07, 6.45) is 1.03. The summed E-state index contributed by atoms with van der Waals surface area (Å²) in [6.45, 7) is 14.0. The Bertz CT molecular complexity index is 2770. The second kappa shape index (κ2) is 12.3. The smallest absolute Gasteiger partial charge is 0.252 e. The molecule has 10 rings (SSSR count). The molecule has 268 valence electrons. The monoisotopic (exact) mass is 711 g/mol. The number of hydrogen-bond acceptors (Lipinski definition) is 2. The number of para-hydroxylation sites is 4. The minimum absolute atomic E-state index is 0.0328. The summed E-state index contributed by atoms with van der Waals surface area (Å²) in [4.78, 5) is 4.99. The molecule has 1 aromatic heterocycles. The molecule has 0 unspecified atom stereocenters. The van der Waals surface area contributed by atoms with Gasteiger partial charge in [-0.15, -0.1) is 0 Å². The molecule has 3 heterocycles. The quantitative estimate of drug-likeness (QED) is 0.168. The van der Waals surface area contributed by atoms with Gasteiger partial charge in [-0.25, -0.2) is 0 Å². The molecule has 2 aliphatic heterocycles. The molecule has 0 saturated carbocycles. The maximum Gasteiger partial charge on any atom is 0.252 e. The molecular formula is C51H46BN3. The summed E-state index contributed by atoms with van der Waals surface area (Å²) in [5.74, 6) is 0. The number of benzene rings is 7. The highest BCUT2D eigenvalue weighted by Gasteiger charge is 2.44. The third-order valence-electron chi connectivity index (χ3n) is 11.6. The van der Waals surface area contributed by atoms with Crippen LogP contribution in [-0.2, 0) is 11.8 Å². The summed E-state index contributed by atoms with van der Waals surface area (Å²) >= 11 is 0. The van der Waals surface area contributed by atoms with Gasteiger partial charge < -0.3 is 14.4 Å². The molecule has 0 spiro atoms. The molecule has 2 aliphatic rings. The lowest BCUT2D eigenvalue weighted by atomic mass is 9.33. The normalized spacial score (nSPS) is 13.6.